The van der Waals surface area contributed by atoms with Crippen LogP contribution in [0.25, 0.3) is 0 Å². The second-order valence-electron chi connectivity index (χ2n) is 6.74. The summed E-state index contributed by atoms with van der Waals surface area (Å²) in [5.41, 5.74) is 0.935. The largest absolute Gasteiger partial charge is 0.454 e. The lowest BCUT2D eigenvalue weighted by molar-refractivity contribution is -0.128. The van der Waals surface area contributed by atoms with Crippen LogP contribution in [-0.2, 0) is 11.3 Å². The maximum absolute atomic E-state index is 12.1. The molecule has 3 atom stereocenters. The smallest absolute Gasteiger partial charge is 0.315 e. The third-order valence-electron chi connectivity index (χ3n) is 4.85. The van der Waals surface area contributed by atoms with Gasteiger partial charge in [0.25, 0.3) is 0 Å². The van der Waals surface area contributed by atoms with Crippen molar-refractivity contribution in [2.45, 2.75) is 38.4 Å². The number of carbonyl (C=O) groups is 2. The predicted molar refractivity (Wildman–Crippen MR) is 85.6 cm³/mol. The van der Waals surface area contributed by atoms with Crippen LogP contribution in [0.3, 0.4) is 0 Å². The second-order valence-corrected chi connectivity index (χ2v) is 6.74. The molecule has 24 heavy (non-hydrogen) atoms. The van der Waals surface area contributed by atoms with Crippen LogP contribution in [0.2, 0.25) is 0 Å². The van der Waals surface area contributed by atoms with E-state index in [-0.39, 0.29) is 24.8 Å². The Kier molecular flexibility index (Phi) is 3.70. The van der Waals surface area contributed by atoms with Crippen molar-refractivity contribution in [3.8, 4) is 11.5 Å². The molecule has 0 spiro atoms. The molecule has 4 rings (SSSR count). The molecule has 2 heterocycles. The van der Waals surface area contributed by atoms with E-state index >= 15 is 0 Å². The van der Waals surface area contributed by atoms with Gasteiger partial charge in [-0.2, -0.15) is 0 Å². The van der Waals surface area contributed by atoms with Crippen molar-refractivity contribution in [3.63, 3.8) is 0 Å². The summed E-state index contributed by atoms with van der Waals surface area (Å²) >= 11 is 0. The Morgan fingerprint density at radius 2 is 2.12 bits per heavy atom. The maximum atomic E-state index is 12.1. The highest BCUT2D eigenvalue weighted by atomic mass is 16.7. The van der Waals surface area contributed by atoms with E-state index in [1.54, 1.807) is 0 Å². The number of urea groups is 1. The zero-order valence-electron chi connectivity index (χ0n) is 13.6. The Balaban J connectivity index is 1.26. The van der Waals surface area contributed by atoms with E-state index in [9.17, 15) is 9.59 Å². The Labute approximate surface area is 140 Å². The normalized spacial score (nSPS) is 27.3. The lowest BCUT2D eigenvalue weighted by Crippen LogP contribution is -2.43. The highest BCUT2D eigenvalue weighted by Crippen LogP contribution is 2.37. The molecule has 1 aliphatic carbocycles. The quantitative estimate of drug-likeness (QED) is 0.869. The van der Waals surface area contributed by atoms with Crippen LogP contribution in [0.1, 0.15) is 25.3 Å². The van der Waals surface area contributed by atoms with Gasteiger partial charge < -0.3 is 25.0 Å². The third-order valence-corrected chi connectivity index (χ3v) is 4.85. The Bertz CT molecular complexity index is 678. The summed E-state index contributed by atoms with van der Waals surface area (Å²) < 4.78 is 10.6. The van der Waals surface area contributed by atoms with Crippen LogP contribution < -0.4 is 20.1 Å². The zero-order chi connectivity index (χ0) is 16.7. The van der Waals surface area contributed by atoms with Crippen LogP contribution in [0, 0.1) is 5.92 Å². The third kappa shape index (κ3) is 2.98. The fraction of sp³-hybridized carbons (Fsp3) is 0.529. The van der Waals surface area contributed by atoms with Gasteiger partial charge in [-0.3, -0.25) is 4.79 Å². The highest BCUT2D eigenvalue weighted by molar-refractivity contribution is 5.82. The van der Waals surface area contributed by atoms with Crippen LogP contribution in [0.15, 0.2) is 18.2 Å². The number of fused-ring (bicyclic) bond motifs is 1. The first-order chi connectivity index (χ1) is 11.6. The summed E-state index contributed by atoms with van der Waals surface area (Å²) in [6, 6.07) is 5.60. The van der Waals surface area contributed by atoms with Crippen LogP contribution >= 0.6 is 0 Å². The lowest BCUT2D eigenvalue weighted by Gasteiger charge is -2.17. The number of nitrogens with one attached hydrogen (secondary N) is 2. The van der Waals surface area contributed by atoms with Gasteiger partial charge in [-0.05, 0) is 30.0 Å². The molecule has 1 aromatic carbocycles. The number of hydrogen-bond donors (Lipinski definition) is 2. The molecular weight excluding hydrogens is 310 g/mol. The summed E-state index contributed by atoms with van der Waals surface area (Å²) in [6.45, 7) is 3.40. The molecule has 7 nitrogen and oxygen atoms in total. The molecule has 0 unspecified atom stereocenters. The number of amides is 3. The van der Waals surface area contributed by atoms with Crippen molar-refractivity contribution in [2.24, 2.45) is 5.92 Å². The average molecular weight is 331 g/mol. The Morgan fingerprint density at radius 1 is 1.33 bits per heavy atom. The molecule has 0 radical (unpaired) electrons. The van der Waals surface area contributed by atoms with Gasteiger partial charge in [0.15, 0.2) is 11.5 Å². The van der Waals surface area contributed by atoms with Gasteiger partial charge in [0, 0.05) is 25.6 Å². The summed E-state index contributed by atoms with van der Waals surface area (Å²) in [7, 11) is 0. The number of likely N-dealkylation sites (tertiary alicyclic amines) is 1. The van der Waals surface area contributed by atoms with Crippen molar-refractivity contribution >= 4 is 11.9 Å². The van der Waals surface area contributed by atoms with Crippen molar-refractivity contribution in [2.75, 3.05) is 13.3 Å². The predicted octanol–water partition coefficient (Wildman–Crippen LogP) is 1.22. The summed E-state index contributed by atoms with van der Waals surface area (Å²) in [6.07, 6.45) is 1.47. The molecule has 2 fully saturated rings. The molecule has 0 bridgehead atoms. The molecule has 1 aromatic rings. The monoisotopic (exact) mass is 331 g/mol. The van der Waals surface area contributed by atoms with Gasteiger partial charge in [-0.1, -0.05) is 13.0 Å². The first-order valence-electron chi connectivity index (χ1n) is 8.32. The van der Waals surface area contributed by atoms with Gasteiger partial charge in [-0.25, -0.2) is 4.79 Å². The fourth-order valence-corrected chi connectivity index (χ4v) is 3.36. The minimum absolute atomic E-state index is 0.109. The average Bonchev–Trinajstić information content (AvgIpc) is 2.96. The van der Waals surface area contributed by atoms with E-state index in [2.05, 4.69) is 17.6 Å². The molecule has 2 aliphatic heterocycles. The zero-order valence-corrected chi connectivity index (χ0v) is 13.6. The fourth-order valence-electron chi connectivity index (χ4n) is 3.36. The molecule has 7 heteroatoms. The van der Waals surface area contributed by atoms with E-state index in [0.29, 0.717) is 37.2 Å². The maximum Gasteiger partial charge on any atom is 0.315 e. The first-order valence-corrected chi connectivity index (χ1v) is 8.32. The highest BCUT2D eigenvalue weighted by Gasteiger charge is 2.44. The van der Waals surface area contributed by atoms with Crippen molar-refractivity contribution in [1.29, 1.82) is 0 Å². The molecule has 1 saturated carbocycles. The number of benzene rings is 1. The van der Waals surface area contributed by atoms with Gasteiger partial charge in [0.1, 0.15) is 0 Å². The number of nitrogens with zero attached hydrogens (tertiary/aromatic N) is 1. The van der Waals surface area contributed by atoms with E-state index < -0.39 is 0 Å². The van der Waals surface area contributed by atoms with E-state index in [0.717, 1.165) is 17.7 Å². The van der Waals surface area contributed by atoms with Crippen LogP contribution in [0.4, 0.5) is 4.79 Å². The molecule has 0 aromatic heterocycles. The topological polar surface area (TPSA) is 79.9 Å². The minimum atomic E-state index is -0.254. The van der Waals surface area contributed by atoms with Crippen LogP contribution in [0.5, 0.6) is 11.5 Å². The van der Waals surface area contributed by atoms with Crippen LogP contribution in [-0.4, -0.2) is 42.3 Å². The lowest BCUT2D eigenvalue weighted by atomic mass is 10.2. The van der Waals surface area contributed by atoms with Gasteiger partial charge >= 0.3 is 6.03 Å². The molecule has 3 aliphatic rings. The first kappa shape index (κ1) is 15.1. The van der Waals surface area contributed by atoms with Gasteiger partial charge in [0.05, 0.1) is 6.04 Å². The number of rotatable bonds is 4. The van der Waals surface area contributed by atoms with Gasteiger partial charge in [-0.15, -0.1) is 0 Å². The number of ether oxygens (including phenoxy) is 2. The molecule has 2 N–H and O–H groups in total. The molecular formula is C17H21N3O4. The van der Waals surface area contributed by atoms with Gasteiger partial charge in [0.2, 0.25) is 12.7 Å². The minimum Gasteiger partial charge on any atom is -0.454 e. The van der Waals surface area contributed by atoms with E-state index in [1.807, 2.05) is 23.1 Å². The summed E-state index contributed by atoms with van der Waals surface area (Å²) in [5.74, 6) is 2.16. The molecule has 128 valence electrons. The summed E-state index contributed by atoms with van der Waals surface area (Å²) in [5, 5.41) is 5.71. The second kappa shape index (κ2) is 5.89. The summed E-state index contributed by atoms with van der Waals surface area (Å²) in [4.78, 5) is 26.0. The Hall–Kier alpha value is -2.44. The van der Waals surface area contributed by atoms with Crippen molar-refractivity contribution < 1.29 is 19.1 Å². The van der Waals surface area contributed by atoms with E-state index in [4.69, 9.17) is 9.47 Å². The number of carbonyl (C=O) groups excluding carboxylic acids is 2. The standard InChI is InChI=1S/C17H21N3O4/c1-10-4-13(10)20-8-12(6-16(20)21)19-17(22)18-7-11-2-3-14-15(5-11)24-9-23-14/h2-3,5,10,12-13H,4,6-9H2,1H3,(H2,18,19,22)/t10-,12+,13+/m1/s1. The number of hydrogen-bond acceptors (Lipinski definition) is 4. The Morgan fingerprint density at radius 3 is 2.92 bits per heavy atom. The SMILES string of the molecule is C[C@@H]1C[C@@H]1N1C[C@@H](NC(=O)NCc2ccc3c(c2)OCO3)CC1=O. The molecule has 1 saturated heterocycles. The van der Waals surface area contributed by atoms with Crippen molar-refractivity contribution in [3.05, 3.63) is 23.8 Å². The molecule has 3 amide bonds. The van der Waals surface area contributed by atoms with Crippen molar-refractivity contribution in [1.82, 2.24) is 15.5 Å². The van der Waals surface area contributed by atoms with E-state index in [1.165, 1.54) is 0 Å².